The minimum atomic E-state index is 0.513. The first kappa shape index (κ1) is 10.9. The number of imidazole rings is 1. The lowest BCUT2D eigenvalue weighted by molar-refractivity contribution is 0.117. The first-order chi connectivity index (χ1) is 7.83. The van der Waals surface area contributed by atoms with Gasteiger partial charge in [-0.05, 0) is 18.6 Å². The van der Waals surface area contributed by atoms with Crippen molar-refractivity contribution in [3.63, 3.8) is 0 Å². The number of nitrogens with zero attached hydrogens (tertiary/aromatic N) is 2. The van der Waals surface area contributed by atoms with Crippen molar-refractivity contribution in [3.05, 3.63) is 18.0 Å². The number of hydrogen-bond donors (Lipinski definition) is 2. The van der Waals surface area contributed by atoms with Crippen LogP contribution in [0.1, 0.15) is 19.2 Å². The Labute approximate surface area is 94.2 Å². The summed E-state index contributed by atoms with van der Waals surface area (Å²) in [6, 6.07) is 3.88. The van der Waals surface area contributed by atoms with Gasteiger partial charge in [-0.25, -0.2) is 9.97 Å². The summed E-state index contributed by atoms with van der Waals surface area (Å²) in [5.74, 6) is 1.64. The summed E-state index contributed by atoms with van der Waals surface area (Å²) in [6.07, 6.45) is 1.02. The zero-order valence-electron chi connectivity index (χ0n) is 9.58. The average Bonchev–Trinajstić information content (AvgIpc) is 2.70. The summed E-state index contributed by atoms with van der Waals surface area (Å²) < 4.78 is 5.42. The molecule has 5 heteroatoms. The van der Waals surface area contributed by atoms with Gasteiger partial charge in [-0.3, -0.25) is 0 Å². The maximum Gasteiger partial charge on any atom is 0.179 e. The molecule has 0 atom stereocenters. The Bertz CT molecular complexity index is 466. The van der Waals surface area contributed by atoms with Gasteiger partial charge in [0.1, 0.15) is 18.2 Å². The SMILES string of the molecule is CCCOCc1nc2nc(NC)ccc2[nH]1. The molecule has 2 rings (SSSR count). The van der Waals surface area contributed by atoms with Gasteiger partial charge >= 0.3 is 0 Å². The number of pyridine rings is 1. The van der Waals surface area contributed by atoms with Crippen LogP contribution in [0.3, 0.4) is 0 Å². The lowest BCUT2D eigenvalue weighted by Crippen LogP contribution is -1.95. The molecular weight excluding hydrogens is 204 g/mol. The molecule has 2 N–H and O–H groups in total. The van der Waals surface area contributed by atoms with Crippen LogP contribution >= 0.6 is 0 Å². The number of aromatic nitrogens is 3. The fourth-order valence-electron chi connectivity index (χ4n) is 1.46. The molecule has 2 aromatic heterocycles. The molecule has 0 aliphatic carbocycles. The fraction of sp³-hybridized carbons (Fsp3) is 0.455. The summed E-state index contributed by atoms with van der Waals surface area (Å²) in [5.41, 5.74) is 1.66. The van der Waals surface area contributed by atoms with Crippen molar-refractivity contribution < 1.29 is 4.74 Å². The number of ether oxygens (including phenoxy) is 1. The average molecular weight is 220 g/mol. The Morgan fingerprint density at radius 3 is 3.00 bits per heavy atom. The normalized spacial score (nSPS) is 10.9. The van der Waals surface area contributed by atoms with Gasteiger partial charge in [-0.1, -0.05) is 6.92 Å². The third-order valence-electron chi connectivity index (χ3n) is 2.24. The molecule has 0 amide bonds. The van der Waals surface area contributed by atoms with E-state index in [9.17, 15) is 0 Å². The highest BCUT2D eigenvalue weighted by Gasteiger charge is 2.04. The van der Waals surface area contributed by atoms with E-state index in [4.69, 9.17) is 4.74 Å². The highest BCUT2D eigenvalue weighted by Crippen LogP contribution is 2.12. The summed E-state index contributed by atoms with van der Waals surface area (Å²) in [7, 11) is 1.84. The molecule has 0 aromatic carbocycles. The van der Waals surface area contributed by atoms with Gasteiger partial charge in [0, 0.05) is 13.7 Å². The van der Waals surface area contributed by atoms with Crippen LogP contribution in [0.15, 0.2) is 12.1 Å². The number of anilines is 1. The van der Waals surface area contributed by atoms with E-state index in [0.29, 0.717) is 6.61 Å². The van der Waals surface area contributed by atoms with E-state index in [1.807, 2.05) is 19.2 Å². The minimum Gasteiger partial charge on any atom is -0.374 e. The molecule has 0 saturated carbocycles. The van der Waals surface area contributed by atoms with Crippen molar-refractivity contribution in [3.8, 4) is 0 Å². The largest absolute Gasteiger partial charge is 0.374 e. The number of fused-ring (bicyclic) bond motifs is 1. The molecule has 0 fully saturated rings. The number of nitrogens with one attached hydrogen (secondary N) is 2. The number of H-pyrrole nitrogens is 1. The second-order valence-electron chi connectivity index (χ2n) is 3.55. The first-order valence-corrected chi connectivity index (χ1v) is 5.44. The summed E-state index contributed by atoms with van der Waals surface area (Å²) in [6.45, 7) is 3.35. The molecule has 0 spiro atoms. The van der Waals surface area contributed by atoms with Crippen LogP contribution < -0.4 is 5.32 Å². The Balaban J connectivity index is 2.16. The third kappa shape index (κ3) is 2.30. The minimum absolute atomic E-state index is 0.513. The second-order valence-corrected chi connectivity index (χ2v) is 3.55. The van der Waals surface area contributed by atoms with Crippen molar-refractivity contribution in [2.24, 2.45) is 0 Å². The van der Waals surface area contributed by atoms with E-state index >= 15 is 0 Å². The molecule has 16 heavy (non-hydrogen) atoms. The summed E-state index contributed by atoms with van der Waals surface area (Å²) in [4.78, 5) is 11.9. The third-order valence-corrected chi connectivity index (χ3v) is 2.24. The summed E-state index contributed by atoms with van der Waals surface area (Å²) in [5, 5.41) is 2.98. The van der Waals surface area contributed by atoms with Crippen LogP contribution in [0.5, 0.6) is 0 Å². The molecule has 2 aromatic rings. The van der Waals surface area contributed by atoms with E-state index in [2.05, 4.69) is 27.2 Å². The van der Waals surface area contributed by atoms with Crippen molar-refractivity contribution in [2.45, 2.75) is 20.0 Å². The molecule has 86 valence electrons. The van der Waals surface area contributed by atoms with Crippen molar-refractivity contribution in [1.82, 2.24) is 15.0 Å². The van der Waals surface area contributed by atoms with E-state index in [-0.39, 0.29) is 0 Å². The van der Waals surface area contributed by atoms with Crippen LogP contribution in [-0.2, 0) is 11.3 Å². The zero-order valence-corrected chi connectivity index (χ0v) is 9.58. The Morgan fingerprint density at radius 2 is 2.25 bits per heavy atom. The number of hydrogen-bond acceptors (Lipinski definition) is 4. The highest BCUT2D eigenvalue weighted by atomic mass is 16.5. The number of rotatable bonds is 5. The van der Waals surface area contributed by atoms with Gasteiger partial charge < -0.3 is 15.0 Å². The Morgan fingerprint density at radius 1 is 1.38 bits per heavy atom. The highest BCUT2D eigenvalue weighted by molar-refractivity contribution is 5.72. The molecule has 2 heterocycles. The Hall–Kier alpha value is -1.62. The summed E-state index contributed by atoms with van der Waals surface area (Å²) >= 11 is 0. The molecular formula is C11H16N4O. The molecule has 0 saturated heterocycles. The van der Waals surface area contributed by atoms with Crippen LogP contribution in [0.2, 0.25) is 0 Å². The van der Waals surface area contributed by atoms with Crippen LogP contribution in [0, 0.1) is 0 Å². The molecule has 0 unspecified atom stereocenters. The van der Waals surface area contributed by atoms with Crippen molar-refractivity contribution >= 4 is 17.0 Å². The Kier molecular flexibility index (Phi) is 3.36. The lowest BCUT2D eigenvalue weighted by atomic mass is 10.4. The second kappa shape index (κ2) is 4.94. The van der Waals surface area contributed by atoms with Crippen molar-refractivity contribution in [1.29, 1.82) is 0 Å². The standard InChI is InChI=1S/C11H16N4O/c1-3-6-16-7-10-13-8-4-5-9(12-2)14-11(8)15-10/h4-5H,3,6-7H2,1-2H3,(H2,12,13,14,15). The molecule has 0 bridgehead atoms. The van der Waals surface area contributed by atoms with Crippen LogP contribution in [-0.4, -0.2) is 28.6 Å². The molecule has 0 aliphatic rings. The van der Waals surface area contributed by atoms with E-state index in [1.54, 1.807) is 0 Å². The molecule has 0 aliphatic heterocycles. The predicted molar refractivity (Wildman–Crippen MR) is 63.4 cm³/mol. The maximum atomic E-state index is 5.42. The van der Waals surface area contributed by atoms with E-state index in [0.717, 1.165) is 35.8 Å². The van der Waals surface area contributed by atoms with Crippen molar-refractivity contribution in [2.75, 3.05) is 19.0 Å². The molecule has 0 radical (unpaired) electrons. The zero-order chi connectivity index (χ0) is 11.4. The van der Waals surface area contributed by atoms with Gasteiger partial charge in [0.25, 0.3) is 0 Å². The fourth-order valence-corrected chi connectivity index (χ4v) is 1.46. The smallest absolute Gasteiger partial charge is 0.179 e. The van der Waals surface area contributed by atoms with E-state index in [1.165, 1.54) is 0 Å². The first-order valence-electron chi connectivity index (χ1n) is 5.44. The van der Waals surface area contributed by atoms with Gasteiger partial charge in [0.2, 0.25) is 0 Å². The number of aromatic amines is 1. The van der Waals surface area contributed by atoms with Crippen LogP contribution in [0.4, 0.5) is 5.82 Å². The predicted octanol–water partition coefficient (Wildman–Crippen LogP) is 1.93. The van der Waals surface area contributed by atoms with Gasteiger partial charge in [-0.2, -0.15) is 0 Å². The lowest BCUT2D eigenvalue weighted by Gasteiger charge is -1.97. The quantitative estimate of drug-likeness (QED) is 0.756. The topological polar surface area (TPSA) is 62.8 Å². The van der Waals surface area contributed by atoms with Gasteiger partial charge in [-0.15, -0.1) is 0 Å². The van der Waals surface area contributed by atoms with Gasteiger partial charge in [0.15, 0.2) is 5.65 Å². The van der Waals surface area contributed by atoms with Crippen LogP contribution in [0.25, 0.3) is 11.2 Å². The monoisotopic (exact) mass is 220 g/mol. The van der Waals surface area contributed by atoms with Gasteiger partial charge in [0.05, 0.1) is 5.52 Å². The maximum absolute atomic E-state index is 5.42. The molecule has 5 nitrogen and oxygen atoms in total. The van der Waals surface area contributed by atoms with E-state index < -0.39 is 0 Å².